The number of ether oxygens (including phenoxy) is 1. The Labute approximate surface area is 327 Å². The van der Waals surface area contributed by atoms with Crippen molar-refractivity contribution in [2.45, 2.75) is 132 Å². The van der Waals surface area contributed by atoms with E-state index in [9.17, 15) is 9.59 Å². The first kappa shape index (κ1) is 45.9. The third kappa shape index (κ3) is 15.2. The number of fused-ring (bicyclic) bond motifs is 1. The maximum atomic E-state index is 12.6. The number of amides is 2. The minimum atomic E-state index is -0.614. The number of carbonyl (C=O) groups is 2. The molecule has 4 rings (SSSR count). The van der Waals surface area contributed by atoms with Crippen LogP contribution in [0.25, 0.3) is 27.6 Å². The van der Waals surface area contributed by atoms with Gasteiger partial charge in [0.25, 0.3) is 0 Å². The van der Waals surface area contributed by atoms with Crippen LogP contribution in [0.3, 0.4) is 0 Å². The quantitative estimate of drug-likeness (QED) is 0.0937. The first-order chi connectivity index (χ1) is 25.9. The van der Waals surface area contributed by atoms with Crippen LogP contribution < -0.4 is 26.6 Å². The van der Waals surface area contributed by atoms with Crippen LogP contribution in [0.1, 0.15) is 118 Å². The highest BCUT2D eigenvalue weighted by Crippen LogP contribution is 2.30. The van der Waals surface area contributed by atoms with Gasteiger partial charge in [-0.3, -0.25) is 4.79 Å². The number of hydrogen-bond donors (Lipinski definition) is 5. The number of benzene rings is 3. The average Bonchev–Trinajstić information content (AvgIpc) is 3.72. The van der Waals surface area contributed by atoms with Crippen molar-refractivity contribution in [2.24, 2.45) is 5.92 Å². The summed E-state index contributed by atoms with van der Waals surface area (Å²) in [7, 11) is 1.29. The molecule has 298 valence electrons. The highest BCUT2D eigenvalue weighted by Gasteiger charge is 2.24. The highest BCUT2D eigenvalue weighted by atomic mass is 16.5. The van der Waals surface area contributed by atoms with Crippen LogP contribution in [-0.2, 0) is 9.53 Å². The predicted octanol–water partition coefficient (Wildman–Crippen LogP) is 10.7. The van der Waals surface area contributed by atoms with Crippen molar-refractivity contribution in [2.75, 3.05) is 25.5 Å². The summed E-state index contributed by atoms with van der Waals surface area (Å²) in [6, 6.07) is 19.9. The van der Waals surface area contributed by atoms with Crippen LogP contribution in [0.15, 0.2) is 72.9 Å². The lowest BCUT2D eigenvalue weighted by atomic mass is 9.97. The Hall–Kier alpha value is -4.30. The highest BCUT2D eigenvalue weighted by molar-refractivity contribution is 5.90. The minimum Gasteiger partial charge on any atom is -0.453 e. The Morgan fingerprint density at radius 1 is 0.926 bits per heavy atom. The summed E-state index contributed by atoms with van der Waals surface area (Å²) in [6.45, 7) is 24.7. The Morgan fingerprint density at radius 3 is 2.19 bits per heavy atom. The van der Waals surface area contributed by atoms with Gasteiger partial charge in [0, 0.05) is 35.7 Å². The molecular weight excluding hydrogens is 671 g/mol. The van der Waals surface area contributed by atoms with Gasteiger partial charge in [0.05, 0.1) is 7.11 Å². The summed E-state index contributed by atoms with van der Waals surface area (Å²) in [4.78, 5) is 24.1. The Bertz CT molecular complexity index is 1620. The smallest absolute Gasteiger partial charge is 0.407 e. The molecular formula is C46H71N5O3. The third-order valence-electron chi connectivity index (χ3n) is 9.46. The van der Waals surface area contributed by atoms with E-state index in [0.717, 1.165) is 54.9 Å². The largest absolute Gasteiger partial charge is 0.453 e. The average molecular weight is 742 g/mol. The predicted molar refractivity (Wildman–Crippen MR) is 232 cm³/mol. The minimum absolute atomic E-state index is 0.0382. The Kier molecular flexibility index (Phi) is 21.2. The van der Waals surface area contributed by atoms with Gasteiger partial charge in [-0.05, 0) is 117 Å². The van der Waals surface area contributed by atoms with Gasteiger partial charge in [0.1, 0.15) is 6.04 Å². The van der Waals surface area contributed by atoms with E-state index in [0.29, 0.717) is 12.6 Å². The SMILES string of the molecule is C=C(Nc1cc(-c2ccc3cc(/C(=C/C)NC(C)CCCCNC(=O)C(NC(=O)OC)C(C)C)ccc3c2)ccc1C)C1CCCN1.CCC.CCCC. The van der Waals surface area contributed by atoms with Gasteiger partial charge in [0.15, 0.2) is 0 Å². The molecule has 1 saturated heterocycles. The zero-order chi connectivity index (χ0) is 40.0. The molecule has 1 heterocycles. The second kappa shape index (κ2) is 24.9. The summed E-state index contributed by atoms with van der Waals surface area (Å²) >= 11 is 0. The molecule has 0 aromatic heterocycles. The van der Waals surface area contributed by atoms with Crippen LogP contribution in [0.2, 0.25) is 0 Å². The molecule has 3 atom stereocenters. The van der Waals surface area contributed by atoms with Crippen molar-refractivity contribution in [3.05, 3.63) is 84.1 Å². The first-order valence-corrected chi connectivity index (χ1v) is 20.3. The van der Waals surface area contributed by atoms with E-state index in [-0.39, 0.29) is 17.9 Å². The molecule has 1 fully saturated rings. The van der Waals surface area contributed by atoms with Gasteiger partial charge in [0.2, 0.25) is 5.91 Å². The maximum Gasteiger partial charge on any atom is 0.407 e. The summed E-state index contributed by atoms with van der Waals surface area (Å²) in [5.41, 5.74) is 7.97. The van der Waals surface area contributed by atoms with Gasteiger partial charge < -0.3 is 31.3 Å². The Morgan fingerprint density at radius 2 is 1.57 bits per heavy atom. The van der Waals surface area contributed by atoms with Crippen LogP contribution in [0, 0.1) is 12.8 Å². The van der Waals surface area contributed by atoms with Crippen LogP contribution in [0.4, 0.5) is 10.5 Å². The molecule has 0 aliphatic carbocycles. The normalized spacial score (nSPS) is 14.9. The number of anilines is 1. The number of carbonyl (C=O) groups excluding carboxylic acids is 2. The van der Waals surface area contributed by atoms with Gasteiger partial charge >= 0.3 is 6.09 Å². The van der Waals surface area contributed by atoms with Crippen LogP contribution in [-0.4, -0.2) is 50.3 Å². The van der Waals surface area contributed by atoms with Gasteiger partial charge in [-0.2, -0.15) is 0 Å². The fourth-order valence-electron chi connectivity index (χ4n) is 6.06. The fraction of sp³-hybridized carbons (Fsp3) is 0.522. The molecule has 8 nitrogen and oxygen atoms in total. The molecule has 0 spiro atoms. The van der Waals surface area contributed by atoms with Crippen molar-refractivity contribution in [1.29, 1.82) is 0 Å². The van der Waals surface area contributed by atoms with E-state index < -0.39 is 12.1 Å². The van der Waals surface area contributed by atoms with E-state index in [1.54, 1.807) is 0 Å². The maximum absolute atomic E-state index is 12.6. The van der Waals surface area contributed by atoms with Gasteiger partial charge in [-0.15, -0.1) is 0 Å². The zero-order valence-electron chi connectivity index (χ0n) is 35.1. The number of rotatable bonds is 16. The van der Waals surface area contributed by atoms with Crippen molar-refractivity contribution < 1.29 is 14.3 Å². The van der Waals surface area contributed by atoms with E-state index in [1.165, 1.54) is 60.3 Å². The number of allylic oxidation sites excluding steroid dienone is 1. The number of methoxy groups -OCH3 is 1. The zero-order valence-corrected chi connectivity index (χ0v) is 35.1. The molecule has 0 saturated carbocycles. The number of nitrogens with one attached hydrogen (secondary N) is 5. The lowest BCUT2D eigenvalue weighted by Crippen LogP contribution is -2.49. The van der Waals surface area contributed by atoms with E-state index in [1.807, 2.05) is 13.8 Å². The number of alkyl carbamates (subject to hydrolysis) is 1. The molecule has 2 amide bonds. The molecule has 3 aromatic carbocycles. The molecule has 5 N–H and O–H groups in total. The Balaban J connectivity index is 0.00000133. The van der Waals surface area contributed by atoms with E-state index >= 15 is 0 Å². The second-order valence-corrected chi connectivity index (χ2v) is 14.7. The summed E-state index contributed by atoms with van der Waals surface area (Å²) in [6.07, 6.45) is 10.5. The molecule has 54 heavy (non-hydrogen) atoms. The molecule has 1 aliphatic heterocycles. The fourth-order valence-corrected chi connectivity index (χ4v) is 6.06. The monoisotopic (exact) mass is 742 g/mol. The molecule has 3 aromatic rings. The van der Waals surface area contributed by atoms with E-state index in [4.69, 9.17) is 0 Å². The standard InChI is InChI=1S/C39H53N5O3.C4H10.C3H8/c1-8-34(42-27(5)12-9-10-20-41-38(45)37(25(2)3)44-39(46)47-7)33-19-18-29-22-30(16-17-31(29)23-33)32-15-14-26(4)36(24-32)43-28(6)35-13-11-21-40-35;1-3-4-2;1-3-2/h8,14-19,22-25,27,35,37,40,42-43H,6,9-13,20-21H2,1-5,7H3,(H,41,45)(H,44,46);3-4H2,1-2H3;3H2,1-2H3/b34-8-;;. The van der Waals surface area contributed by atoms with Crippen LogP contribution in [0.5, 0.6) is 0 Å². The van der Waals surface area contributed by atoms with Crippen molar-refractivity contribution >= 4 is 34.2 Å². The summed E-state index contributed by atoms with van der Waals surface area (Å²) in [5.74, 6) is -0.223. The van der Waals surface area contributed by atoms with Crippen molar-refractivity contribution in [3.8, 4) is 11.1 Å². The molecule has 0 radical (unpaired) electrons. The topological polar surface area (TPSA) is 104 Å². The molecule has 0 bridgehead atoms. The van der Waals surface area contributed by atoms with Crippen molar-refractivity contribution in [1.82, 2.24) is 21.3 Å². The summed E-state index contributed by atoms with van der Waals surface area (Å²) in [5, 5.41) is 18.7. The van der Waals surface area contributed by atoms with Crippen molar-refractivity contribution in [3.63, 3.8) is 0 Å². The molecule has 3 unspecified atom stereocenters. The molecule has 8 heteroatoms. The number of hydrogen-bond acceptors (Lipinski definition) is 6. The van der Waals surface area contributed by atoms with Crippen LogP contribution >= 0.6 is 0 Å². The van der Waals surface area contributed by atoms with Gasteiger partial charge in [-0.25, -0.2) is 4.79 Å². The van der Waals surface area contributed by atoms with E-state index in [2.05, 4.69) is 147 Å². The lowest BCUT2D eigenvalue weighted by molar-refractivity contribution is -0.124. The summed E-state index contributed by atoms with van der Waals surface area (Å²) < 4.78 is 4.65. The number of aryl methyl sites for hydroxylation is 1. The number of unbranched alkanes of at least 4 members (excludes halogenated alkanes) is 2. The second-order valence-electron chi connectivity index (χ2n) is 14.7. The third-order valence-corrected chi connectivity index (χ3v) is 9.46. The van der Waals surface area contributed by atoms with Gasteiger partial charge in [-0.1, -0.05) is 110 Å². The first-order valence-electron chi connectivity index (χ1n) is 20.3. The molecule has 1 aliphatic rings. The lowest BCUT2D eigenvalue weighted by Gasteiger charge is -2.21.